The van der Waals surface area contributed by atoms with Crippen molar-refractivity contribution >= 4 is 16.8 Å². The Morgan fingerprint density at radius 1 is 1.12 bits per heavy atom. The Balaban J connectivity index is 1.14. The number of aromatic nitrogens is 1. The summed E-state index contributed by atoms with van der Waals surface area (Å²) < 4.78 is 2.21. The van der Waals surface area contributed by atoms with Gasteiger partial charge in [-0.2, -0.15) is 0 Å². The van der Waals surface area contributed by atoms with E-state index in [-0.39, 0.29) is 0 Å². The predicted octanol–water partition coefficient (Wildman–Crippen LogP) is 4.92. The van der Waals surface area contributed by atoms with Crippen molar-refractivity contribution in [1.29, 1.82) is 0 Å². The highest BCUT2D eigenvalue weighted by Gasteiger charge is 2.46. The Labute approximate surface area is 192 Å². The van der Waals surface area contributed by atoms with Crippen LogP contribution in [0.2, 0.25) is 0 Å². The fraction of sp³-hybridized carbons (Fsp3) is 0.607. The summed E-state index contributed by atoms with van der Waals surface area (Å²) in [6.45, 7) is 3.44. The molecule has 3 fully saturated rings. The number of likely N-dealkylation sites (tertiary alicyclic amines) is 1. The van der Waals surface area contributed by atoms with E-state index in [4.69, 9.17) is 0 Å². The SMILES string of the molecule is Cn1cc(CCCC(=O)N2CCCC3=C[C@H]4C[C@@H](CN5CCCC[C@H]45)[C@@H]32)c2ccccc21. The first-order chi connectivity index (χ1) is 15.7. The third-order valence-electron chi connectivity index (χ3n) is 8.79. The predicted molar refractivity (Wildman–Crippen MR) is 129 cm³/mol. The van der Waals surface area contributed by atoms with Crippen molar-refractivity contribution in [2.75, 3.05) is 19.6 Å². The zero-order valence-corrected chi connectivity index (χ0v) is 19.5. The molecule has 2 aromatic rings. The highest BCUT2D eigenvalue weighted by molar-refractivity contribution is 5.84. The lowest BCUT2D eigenvalue weighted by atomic mass is 9.68. The number of amides is 1. The molecule has 1 aromatic heterocycles. The Hall–Kier alpha value is -2.07. The van der Waals surface area contributed by atoms with Gasteiger partial charge in [-0.15, -0.1) is 0 Å². The highest BCUT2D eigenvalue weighted by atomic mass is 16.2. The molecule has 4 heteroatoms. The number of rotatable bonds is 4. The normalized spacial score (nSPS) is 30.0. The molecular weight excluding hydrogens is 394 g/mol. The third-order valence-corrected chi connectivity index (χ3v) is 8.79. The number of carbonyl (C=O) groups excluding carboxylic acids is 1. The van der Waals surface area contributed by atoms with Crippen molar-refractivity contribution in [2.45, 2.75) is 69.9 Å². The van der Waals surface area contributed by atoms with Gasteiger partial charge in [0.2, 0.25) is 5.91 Å². The first-order valence-corrected chi connectivity index (χ1v) is 13.0. The van der Waals surface area contributed by atoms with Crippen LogP contribution in [0.25, 0.3) is 10.9 Å². The Bertz CT molecular complexity index is 1040. The first kappa shape index (κ1) is 20.5. The van der Waals surface area contributed by atoms with E-state index in [0.29, 0.717) is 24.3 Å². The van der Waals surface area contributed by atoms with Gasteiger partial charge in [0, 0.05) is 49.7 Å². The van der Waals surface area contributed by atoms with Gasteiger partial charge in [0.25, 0.3) is 0 Å². The second-order valence-electron chi connectivity index (χ2n) is 10.7. The van der Waals surface area contributed by atoms with Crippen LogP contribution < -0.4 is 0 Å². The van der Waals surface area contributed by atoms with Crippen molar-refractivity contribution in [2.24, 2.45) is 18.9 Å². The molecular formula is C28H37N3O. The maximum atomic E-state index is 13.4. The highest BCUT2D eigenvalue weighted by Crippen LogP contribution is 2.45. The van der Waals surface area contributed by atoms with Crippen LogP contribution >= 0.6 is 0 Å². The van der Waals surface area contributed by atoms with Gasteiger partial charge >= 0.3 is 0 Å². The number of para-hydroxylation sites is 1. The van der Waals surface area contributed by atoms with E-state index in [1.807, 2.05) is 0 Å². The molecule has 1 amide bonds. The molecule has 0 saturated carbocycles. The van der Waals surface area contributed by atoms with E-state index in [1.54, 1.807) is 5.57 Å². The summed E-state index contributed by atoms with van der Waals surface area (Å²) in [4.78, 5) is 18.5. The van der Waals surface area contributed by atoms with Gasteiger partial charge in [-0.3, -0.25) is 9.69 Å². The van der Waals surface area contributed by atoms with Crippen molar-refractivity contribution in [3.8, 4) is 0 Å². The molecule has 4 heterocycles. The molecule has 6 rings (SSSR count). The van der Waals surface area contributed by atoms with Gasteiger partial charge in [0.05, 0.1) is 6.04 Å². The molecule has 32 heavy (non-hydrogen) atoms. The minimum atomic E-state index is 0.382. The molecule has 0 radical (unpaired) electrons. The lowest BCUT2D eigenvalue weighted by molar-refractivity contribution is -0.136. The zero-order valence-electron chi connectivity index (χ0n) is 19.5. The minimum Gasteiger partial charge on any atom is -0.350 e. The molecule has 4 atom stereocenters. The van der Waals surface area contributed by atoms with E-state index in [0.717, 1.165) is 37.8 Å². The van der Waals surface area contributed by atoms with Crippen LogP contribution in [0.15, 0.2) is 42.1 Å². The van der Waals surface area contributed by atoms with Gasteiger partial charge < -0.3 is 9.47 Å². The van der Waals surface area contributed by atoms with Crippen molar-refractivity contribution in [3.63, 3.8) is 0 Å². The van der Waals surface area contributed by atoms with E-state index >= 15 is 0 Å². The number of benzene rings is 1. The number of aryl methyl sites for hydroxylation is 2. The van der Waals surface area contributed by atoms with Gasteiger partial charge in [0.1, 0.15) is 0 Å². The number of nitrogens with zero attached hydrogens (tertiary/aromatic N) is 3. The molecule has 1 aliphatic carbocycles. The molecule has 3 aliphatic heterocycles. The summed E-state index contributed by atoms with van der Waals surface area (Å²) in [5, 5.41) is 1.34. The Morgan fingerprint density at radius 2 is 2.03 bits per heavy atom. The molecule has 4 aliphatic rings. The molecule has 0 N–H and O–H groups in total. The second kappa shape index (κ2) is 8.37. The molecule has 0 unspecified atom stereocenters. The summed E-state index contributed by atoms with van der Waals surface area (Å²) in [6, 6.07) is 9.77. The van der Waals surface area contributed by atoms with Gasteiger partial charge in [-0.1, -0.05) is 36.3 Å². The maximum absolute atomic E-state index is 13.4. The molecule has 0 spiro atoms. The molecule has 3 saturated heterocycles. The number of carbonyl (C=O) groups is 1. The summed E-state index contributed by atoms with van der Waals surface area (Å²) in [5.41, 5.74) is 4.26. The van der Waals surface area contributed by atoms with Crippen LogP contribution in [0.1, 0.15) is 56.9 Å². The zero-order chi connectivity index (χ0) is 21.7. The lowest BCUT2D eigenvalue weighted by Crippen LogP contribution is -2.60. The Morgan fingerprint density at radius 3 is 2.97 bits per heavy atom. The van der Waals surface area contributed by atoms with Crippen LogP contribution in [-0.4, -0.2) is 52.0 Å². The van der Waals surface area contributed by atoms with Crippen molar-refractivity contribution in [3.05, 3.63) is 47.7 Å². The third kappa shape index (κ3) is 3.51. The summed E-state index contributed by atoms with van der Waals surface area (Å²) in [5.74, 6) is 1.78. The van der Waals surface area contributed by atoms with Crippen LogP contribution in [-0.2, 0) is 18.3 Å². The van der Waals surface area contributed by atoms with Gasteiger partial charge in [0.15, 0.2) is 0 Å². The monoisotopic (exact) mass is 431 g/mol. The largest absolute Gasteiger partial charge is 0.350 e. The van der Waals surface area contributed by atoms with Gasteiger partial charge in [-0.05, 0) is 75.0 Å². The smallest absolute Gasteiger partial charge is 0.223 e. The summed E-state index contributed by atoms with van der Waals surface area (Å²) >= 11 is 0. The standard InChI is InChI=1S/C28H37N3O/c1-29-18-21(24-10-2-3-12-26(24)29)8-6-13-27(32)31-15-7-9-20-16-22-17-23(28(20)31)19-30-14-5-4-11-25(22)30/h2-3,10,12,16,18,22-23,25,28H,4-9,11,13-15,17,19H2,1H3/t22-,23-,25+,28+/m0/s1. The van der Waals surface area contributed by atoms with Crippen LogP contribution in [0.4, 0.5) is 0 Å². The summed E-state index contributed by atoms with van der Waals surface area (Å²) in [6.07, 6.45) is 15.3. The maximum Gasteiger partial charge on any atom is 0.223 e. The van der Waals surface area contributed by atoms with Crippen LogP contribution in [0, 0.1) is 11.8 Å². The van der Waals surface area contributed by atoms with E-state index in [1.165, 1.54) is 61.7 Å². The average molecular weight is 432 g/mol. The molecule has 2 bridgehead atoms. The number of fused-ring (bicyclic) bond motifs is 7. The summed E-state index contributed by atoms with van der Waals surface area (Å²) in [7, 11) is 2.12. The fourth-order valence-corrected chi connectivity index (χ4v) is 7.45. The first-order valence-electron chi connectivity index (χ1n) is 13.0. The van der Waals surface area contributed by atoms with Gasteiger partial charge in [-0.25, -0.2) is 0 Å². The number of piperidine rings is 3. The molecule has 170 valence electrons. The second-order valence-corrected chi connectivity index (χ2v) is 10.7. The fourth-order valence-electron chi connectivity index (χ4n) is 7.45. The molecule has 4 nitrogen and oxygen atoms in total. The van der Waals surface area contributed by atoms with E-state index in [2.05, 4.69) is 58.0 Å². The van der Waals surface area contributed by atoms with Crippen molar-refractivity contribution in [1.82, 2.24) is 14.4 Å². The topological polar surface area (TPSA) is 28.5 Å². The van der Waals surface area contributed by atoms with Crippen LogP contribution in [0.3, 0.4) is 0 Å². The molecule has 1 aromatic carbocycles. The number of hydrogen-bond donors (Lipinski definition) is 0. The lowest BCUT2D eigenvalue weighted by Gasteiger charge is -2.54. The van der Waals surface area contributed by atoms with Crippen LogP contribution in [0.5, 0.6) is 0 Å². The van der Waals surface area contributed by atoms with E-state index < -0.39 is 0 Å². The minimum absolute atomic E-state index is 0.382. The Kier molecular flexibility index (Phi) is 5.37. The number of hydrogen-bond acceptors (Lipinski definition) is 2. The van der Waals surface area contributed by atoms with Crippen molar-refractivity contribution < 1.29 is 4.79 Å². The quantitative estimate of drug-likeness (QED) is 0.643. The average Bonchev–Trinajstić information content (AvgIpc) is 3.14. The van der Waals surface area contributed by atoms with E-state index in [9.17, 15) is 4.79 Å².